The Kier molecular flexibility index (Phi) is 12.1. The molecular formula is C43H48O6Si. The maximum absolute atomic E-state index is 11.7. The van der Waals surface area contributed by atoms with Gasteiger partial charge in [0.1, 0.15) is 24.4 Å². The van der Waals surface area contributed by atoms with Gasteiger partial charge in [0, 0.05) is 0 Å². The molecule has 260 valence electrons. The van der Waals surface area contributed by atoms with Gasteiger partial charge in [0.15, 0.2) is 6.29 Å². The molecule has 0 aliphatic carbocycles. The Morgan fingerprint density at radius 3 is 1.28 bits per heavy atom. The lowest BCUT2D eigenvalue weighted by atomic mass is 9.98. The van der Waals surface area contributed by atoms with Crippen LogP contribution in [0.2, 0.25) is 5.04 Å². The summed E-state index contributed by atoms with van der Waals surface area (Å²) in [5.74, 6) is 0. The number of benzene rings is 5. The van der Waals surface area contributed by atoms with Crippen molar-refractivity contribution in [2.24, 2.45) is 0 Å². The van der Waals surface area contributed by atoms with E-state index in [1.165, 1.54) is 0 Å². The highest BCUT2D eigenvalue weighted by atomic mass is 28.4. The van der Waals surface area contributed by atoms with E-state index in [1.807, 2.05) is 103 Å². The first-order valence-corrected chi connectivity index (χ1v) is 19.3. The molecule has 1 aliphatic heterocycles. The molecule has 5 aromatic carbocycles. The van der Waals surface area contributed by atoms with Crippen molar-refractivity contribution >= 4 is 18.7 Å². The van der Waals surface area contributed by atoms with Crippen LogP contribution in [0, 0.1) is 0 Å². The lowest BCUT2D eigenvalue weighted by Gasteiger charge is -2.47. The minimum atomic E-state index is -2.93. The van der Waals surface area contributed by atoms with Gasteiger partial charge in [-0.1, -0.05) is 172 Å². The Morgan fingerprint density at radius 1 is 0.520 bits per heavy atom. The van der Waals surface area contributed by atoms with Crippen LogP contribution in [0.5, 0.6) is 0 Å². The Bertz CT molecular complexity index is 1660. The number of hydrogen-bond donors (Lipinski definition) is 1. The molecule has 6 rings (SSSR count). The predicted octanol–water partition coefficient (Wildman–Crippen LogP) is 7.04. The molecule has 6 nitrogen and oxygen atoms in total. The minimum Gasteiger partial charge on any atom is -0.405 e. The van der Waals surface area contributed by atoms with Crippen molar-refractivity contribution < 1.29 is 28.5 Å². The molecule has 1 fully saturated rings. The summed E-state index contributed by atoms with van der Waals surface area (Å²) in [7, 11) is -2.93. The molecule has 0 saturated carbocycles. The van der Waals surface area contributed by atoms with Crippen molar-refractivity contribution in [1.82, 2.24) is 0 Å². The van der Waals surface area contributed by atoms with Crippen molar-refractivity contribution in [2.75, 3.05) is 6.61 Å². The maximum Gasteiger partial charge on any atom is 0.261 e. The minimum absolute atomic E-state index is 0.181. The van der Waals surface area contributed by atoms with Crippen LogP contribution in [0.15, 0.2) is 152 Å². The standard InChI is InChI=1S/C43H48O6Si/c1-43(2,3)50(36-25-15-7-16-26-36,37-27-17-8-18-28-37)48-32-38-39(45-29-33-19-9-4-10-20-33)40(46-30-34-21-11-5-12-22-34)41(42(44)49-38)47-31-35-23-13-6-14-24-35/h4-28,38-42,44H,29-32H2,1-3H3. The molecule has 5 atom stereocenters. The Balaban J connectivity index is 1.36. The van der Waals surface area contributed by atoms with Gasteiger partial charge in [0.25, 0.3) is 8.32 Å². The van der Waals surface area contributed by atoms with E-state index in [0.717, 1.165) is 27.1 Å². The van der Waals surface area contributed by atoms with E-state index in [9.17, 15) is 5.11 Å². The third-order valence-corrected chi connectivity index (χ3v) is 14.4. The number of rotatable bonds is 14. The molecule has 50 heavy (non-hydrogen) atoms. The molecule has 5 unspecified atom stereocenters. The SMILES string of the molecule is CC(C)(C)[Si](OCC1OC(O)C(OCc2ccccc2)C(OCc2ccccc2)C1OCc1ccccc1)(c1ccccc1)c1ccccc1. The Morgan fingerprint density at radius 2 is 0.880 bits per heavy atom. The molecule has 1 aliphatic rings. The van der Waals surface area contributed by atoms with E-state index in [2.05, 4.69) is 69.3 Å². The molecule has 0 radical (unpaired) electrons. The van der Waals surface area contributed by atoms with E-state index in [0.29, 0.717) is 13.2 Å². The topological polar surface area (TPSA) is 66.4 Å². The molecule has 0 bridgehead atoms. The quantitative estimate of drug-likeness (QED) is 0.126. The zero-order chi connectivity index (χ0) is 34.8. The van der Waals surface area contributed by atoms with Crippen molar-refractivity contribution in [2.45, 2.75) is 76.3 Å². The van der Waals surface area contributed by atoms with E-state index < -0.39 is 39.0 Å². The summed E-state index contributed by atoms with van der Waals surface area (Å²) in [4.78, 5) is 0. The lowest BCUT2D eigenvalue weighted by Crippen LogP contribution is -2.68. The maximum atomic E-state index is 11.7. The number of aliphatic hydroxyl groups is 1. The van der Waals surface area contributed by atoms with E-state index in [4.69, 9.17) is 23.4 Å². The van der Waals surface area contributed by atoms with Gasteiger partial charge in [0.05, 0.1) is 26.4 Å². The molecule has 0 aromatic heterocycles. The molecule has 1 saturated heterocycles. The zero-order valence-electron chi connectivity index (χ0n) is 29.1. The average Bonchev–Trinajstić information content (AvgIpc) is 3.15. The molecule has 0 amide bonds. The molecule has 5 aromatic rings. The van der Waals surface area contributed by atoms with Gasteiger partial charge in [-0.2, -0.15) is 0 Å². The van der Waals surface area contributed by atoms with E-state index in [1.54, 1.807) is 0 Å². The van der Waals surface area contributed by atoms with Crippen LogP contribution < -0.4 is 10.4 Å². The molecular weight excluding hydrogens is 641 g/mol. The average molecular weight is 689 g/mol. The molecule has 1 heterocycles. The van der Waals surface area contributed by atoms with Crippen molar-refractivity contribution in [3.8, 4) is 0 Å². The second-order valence-electron chi connectivity index (χ2n) is 13.8. The Labute approximate surface area is 297 Å². The second kappa shape index (κ2) is 16.9. The fourth-order valence-corrected chi connectivity index (χ4v) is 11.4. The van der Waals surface area contributed by atoms with Gasteiger partial charge in [-0.15, -0.1) is 0 Å². The van der Waals surface area contributed by atoms with Gasteiger partial charge in [-0.05, 0) is 32.1 Å². The van der Waals surface area contributed by atoms with Gasteiger partial charge < -0.3 is 28.5 Å². The summed E-state index contributed by atoms with van der Waals surface area (Å²) in [6, 6.07) is 51.0. The number of ether oxygens (including phenoxy) is 4. The van der Waals surface area contributed by atoms with Gasteiger partial charge >= 0.3 is 0 Å². The highest BCUT2D eigenvalue weighted by Gasteiger charge is 2.53. The third-order valence-electron chi connectivity index (χ3n) is 9.35. The van der Waals surface area contributed by atoms with Gasteiger partial charge in [-0.25, -0.2) is 0 Å². The molecule has 7 heteroatoms. The summed E-state index contributed by atoms with van der Waals surface area (Å²) in [6.07, 6.45) is -4.04. The number of hydrogen-bond acceptors (Lipinski definition) is 6. The van der Waals surface area contributed by atoms with Gasteiger partial charge in [0.2, 0.25) is 0 Å². The lowest BCUT2D eigenvalue weighted by molar-refractivity contribution is -0.314. The molecule has 0 spiro atoms. The van der Waals surface area contributed by atoms with Crippen molar-refractivity contribution in [3.05, 3.63) is 168 Å². The Hall–Kier alpha value is -3.92. The van der Waals surface area contributed by atoms with Crippen LogP contribution in [0.3, 0.4) is 0 Å². The van der Waals surface area contributed by atoms with Gasteiger partial charge in [-0.3, -0.25) is 0 Å². The van der Waals surface area contributed by atoms with E-state index in [-0.39, 0.29) is 18.3 Å². The first kappa shape index (κ1) is 35.9. The van der Waals surface area contributed by atoms with Crippen LogP contribution in [0.4, 0.5) is 0 Å². The second-order valence-corrected chi connectivity index (χ2v) is 18.1. The van der Waals surface area contributed by atoms with Crippen LogP contribution >= 0.6 is 0 Å². The zero-order valence-corrected chi connectivity index (χ0v) is 30.1. The first-order valence-electron chi connectivity index (χ1n) is 17.4. The number of aliphatic hydroxyl groups excluding tert-OH is 1. The van der Waals surface area contributed by atoms with Crippen LogP contribution in [-0.2, 0) is 43.2 Å². The monoisotopic (exact) mass is 688 g/mol. The van der Waals surface area contributed by atoms with E-state index >= 15 is 0 Å². The summed E-state index contributed by atoms with van der Waals surface area (Å²) in [5.41, 5.74) is 3.02. The van der Waals surface area contributed by atoms with Crippen molar-refractivity contribution in [3.63, 3.8) is 0 Å². The fraction of sp³-hybridized carbons (Fsp3) is 0.302. The van der Waals surface area contributed by atoms with Crippen LogP contribution in [0.1, 0.15) is 37.5 Å². The normalized spacial score (nSPS) is 21.2. The highest BCUT2D eigenvalue weighted by molar-refractivity contribution is 6.99. The summed E-state index contributed by atoms with van der Waals surface area (Å²) < 4.78 is 33.7. The highest BCUT2D eigenvalue weighted by Crippen LogP contribution is 2.38. The largest absolute Gasteiger partial charge is 0.405 e. The fourth-order valence-electron chi connectivity index (χ4n) is 6.87. The van der Waals surface area contributed by atoms with Crippen LogP contribution in [-0.4, -0.2) is 50.7 Å². The first-order chi connectivity index (χ1) is 24.3. The van der Waals surface area contributed by atoms with Crippen molar-refractivity contribution in [1.29, 1.82) is 0 Å². The summed E-state index contributed by atoms with van der Waals surface area (Å²) >= 11 is 0. The summed E-state index contributed by atoms with van der Waals surface area (Å²) in [5, 5.41) is 13.8. The molecule has 1 N–H and O–H groups in total. The third kappa shape index (κ3) is 8.50. The summed E-state index contributed by atoms with van der Waals surface area (Å²) in [6.45, 7) is 7.86. The van der Waals surface area contributed by atoms with Crippen LogP contribution in [0.25, 0.3) is 0 Å². The predicted molar refractivity (Wildman–Crippen MR) is 200 cm³/mol. The smallest absolute Gasteiger partial charge is 0.261 e.